The molecule has 1 aromatic carbocycles. The normalized spacial score (nSPS) is 10.4. The highest BCUT2D eigenvalue weighted by molar-refractivity contribution is 6.30. The number of esters is 1. The van der Waals surface area contributed by atoms with Crippen LogP contribution in [0.1, 0.15) is 5.56 Å². The maximum atomic E-state index is 11.8. The number of ether oxygens (including phenoxy) is 3. The third-order valence-corrected chi connectivity index (χ3v) is 3.40. The van der Waals surface area contributed by atoms with Crippen molar-refractivity contribution >= 4 is 35.4 Å². The first-order chi connectivity index (χ1) is 12.5. The molecule has 0 spiro atoms. The van der Waals surface area contributed by atoms with Crippen molar-refractivity contribution in [2.75, 3.05) is 26.1 Å². The van der Waals surface area contributed by atoms with Gasteiger partial charge in [0.25, 0.3) is 5.91 Å². The number of benzene rings is 1. The molecule has 1 amide bonds. The van der Waals surface area contributed by atoms with Gasteiger partial charge in [-0.3, -0.25) is 4.79 Å². The van der Waals surface area contributed by atoms with Crippen molar-refractivity contribution in [1.82, 2.24) is 4.98 Å². The summed E-state index contributed by atoms with van der Waals surface area (Å²) in [6.45, 7) is -0.442. The van der Waals surface area contributed by atoms with Gasteiger partial charge in [0.1, 0.15) is 5.82 Å². The van der Waals surface area contributed by atoms with Crippen LogP contribution in [0.25, 0.3) is 6.08 Å². The molecule has 0 saturated heterocycles. The predicted molar refractivity (Wildman–Crippen MR) is 97.4 cm³/mol. The quantitative estimate of drug-likeness (QED) is 0.590. The van der Waals surface area contributed by atoms with E-state index in [0.717, 1.165) is 0 Å². The topological polar surface area (TPSA) is 86.8 Å². The zero-order valence-corrected chi connectivity index (χ0v) is 14.9. The van der Waals surface area contributed by atoms with Gasteiger partial charge in [0, 0.05) is 17.8 Å². The second-order valence-electron chi connectivity index (χ2n) is 4.93. The zero-order valence-electron chi connectivity index (χ0n) is 14.2. The number of hydrogen-bond acceptors (Lipinski definition) is 6. The number of pyridine rings is 1. The lowest BCUT2D eigenvalue weighted by Crippen LogP contribution is -2.20. The van der Waals surface area contributed by atoms with Gasteiger partial charge in [-0.05, 0) is 24.3 Å². The molecule has 0 unspecified atom stereocenters. The minimum atomic E-state index is -0.672. The van der Waals surface area contributed by atoms with E-state index in [1.165, 1.54) is 38.6 Å². The van der Waals surface area contributed by atoms with Crippen LogP contribution >= 0.6 is 11.6 Å². The number of methoxy groups -OCH3 is 2. The molecule has 0 saturated carbocycles. The number of aromatic nitrogens is 1. The van der Waals surface area contributed by atoms with Crippen LogP contribution in [0.4, 0.5) is 5.82 Å². The first-order valence-corrected chi connectivity index (χ1v) is 7.88. The van der Waals surface area contributed by atoms with E-state index in [1.54, 1.807) is 24.3 Å². The van der Waals surface area contributed by atoms with Crippen LogP contribution in [0.2, 0.25) is 5.02 Å². The number of hydrogen-bond donors (Lipinski definition) is 1. The molecule has 7 nitrogen and oxygen atoms in total. The maximum Gasteiger partial charge on any atom is 0.331 e. The van der Waals surface area contributed by atoms with E-state index in [4.69, 9.17) is 25.8 Å². The molecule has 0 bridgehead atoms. The number of amides is 1. The molecule has 1 heterocycles. The highest BCUT2D eigenvalue weighted by Gasteiger charge is 2.09. The second-order valence-corrected chi connectivity index (χ2v) is 5.37. The van der Waals surface area contributed by atoms with E-state index < -0.39 is 18.5 Å². The lowest BCUT2D eigenvalue weighted by molar-refractivity contribution is -0.142. The molecule has 0 aliphatic rings. The largest absolute Gasteiger partial charge is 0.493 e. The fraction of sp³-hybridized carbons (Fsp3) is 0.167. The Kier molecular flexibility index (Phi) is 6.99. The Morgan fingerprint density at radius 3 is 2.65 bits per heavy atom. The second kappa shape index (κ2) is 9.43. The Bertz CT molecular complexity index is 806. The summed E-state index contributed by atoms with van der Waals surface area (Å²) in [6, 6.07) is 8.38. The SMILES string of the molecule is COc1cccc(/C=C/C(=O)OCC(=O)Nc2ccc(Cl)cn2)c1OC. The highest BCUT2D eigenvalue weighted by atomic mass is 35.5. The monoisotopic (exact) mass is 376 g/mol. The molecule has 1 aromatic heterocycles. The Balaban J connectivity index is 1.89. The summed E-state index contributed by atoms with van der Waals surface area (Å²) in [5.41, 5.74) is 0.638. The number of carbonyl (C=O) groups excluding carboxylic acids is 2. The number of rotatable bonds is 7. The zero-order chi connectivity index (χ0) is 18.9. The number of nitrogens with zero attached hydrogens (tertiary/aromatic N) is 1. The summed E-state index contributed by atoms with van der Waals surface area (Å²) >= 11 is 5.71. The van der Waals surface area contributed by atoms with Gasteiger partial charge in [-0.25, -0.2) is 9.78 Å². The molecule has 0 aliphatic carbocycles. The lowest BCUT2D eigenvalue weighted by atomic mass is 10.1. The average Bonchev–Trinajstić information content (AvgIpc) is 2.66. The van der Waals surface area contributed by atoms with Gasteiger partial charge in [0.2, 0.25) is 0 Å². The summed E-state index contributed by atoms with van der Waals surface area (Å²) in [4.78, 5) is 27.4. The fourth-order valence-corrected chi connectivity index (χ4v) is 2.13. The van der Waals surface area contributed by atoms with E-state index in [-0.39, 0.29) is 0 Å². The van der Waals surface area contributed by atoms with Crippen LogP contribution in [-0.4, -0.2) is 37.7 Å². The van der Waals surface area contributed by atoms with Crippen molar-refractivity contribution in [3.63, 3.8) is 0 Å². The number of carbonyl (C=O) groups is 2. The van der Waals surface area contributed by atoms with Crippen LogP contribution in [0.3, 0.4) is 0 Å². The van der Waals surface area contributed by atoms with Crippen molar-refractivity contribution in [1.29, 1.82) is 0 Å². The standard InChI is InChI=1S/C18H17ClN2O5/c1-24-14-5-3-4-12(18(14)25-2)6-9-17(23)26-11-16(22)21-15-8-7-13(19)10-20-15/h3-10H,11H2,1-2H3,(H,20,21,22)/b9-6+. The number of anilines is 1. The molecular formula is C18H17ClN2O5. The summed E-state index contributed by atoms with van der Waals surface area (Å²) in [5, 5.41) is 2.94. The molecule has 26 heavy (non-hydrogen) atoms. The summed E-state index contributed by atoms with van der Waals surface area (Å²) < 4.78 is 15.3. The van der Waals surface area contributed by atoms with Gasteiger partial charge in [0.05, 0.1) is 19.2 Å². The summed E-state index contributed by atoms with van der Waals surface area (Å²) in [7, 11) is 3.02. The molecule has 0 fully saturated rings. The number of para-hydroxylation sites is 1. The third-order valence-electron chi connectivity index (χ3n) is 3.17. The van der Waals surface area contributed by atoms with E-state index in [0.29, 0.717) is 27.9 Å². The van der Waals surface area contributed by atoms with Crippen molar-refractivity contribution in [3.8, 4) is 11.5 Å². The van der Waals surface area contributed by atoms with Crippen molar-refractivity contribution in [2.45, 2.75) is 0 Å². The van der Waals surface area contributed by atoms with E-state index in [9.17, 15) is 9.59 Å². The molecule has 1 N–H and O–H groups in total. The van der Waals surface area contributed by atoms with Crippen molar-refractivity contribution in [3.05, 3.63) is 53.2 Å². The number of halogens is 1. The third kappa shape index (κ3) is 5.49. The van der Waals surface area contributed by atoms with E-state index >= 15 is 0 Å². The Morgan fingerprint density at radius 2 is 2.00 bits per heavy atom. The van der Waals surface area contributed by atoms with Crippen LogP contribution in [-0.2, 0) is 14.3 Å². The van der Waals surface area contributed by atoms with Crippen LogP contribution in [0, 0.1) is 0 Å². The van der Waals surface area contributed by atoms with Gasteiger partial charge in [-0.1, -0.05) is 23.7 Å². The molecule has 8 heteroatoms. The maximum absolute atomic E-state index is 11.8. The molecule has 2 aromatic rings. The Hall–Kier alpha value is -3.06. The molecular weight excluding hydrogens is 360 g/mol. The highest BCUT2D eigenvalue weighted by Crippen LogP contribution is 2.31. The van der Waals surface area contributed by atoms with Crippen LogP contribution < -0.4 is 14.8 Å². The van der Waals surface area contributed by atoms with E-state index in [2.05, 4.69) is 10.3 Å². The van der Waals surface area contributed by atoms with Gasteiger partial charge < -0.3 is 19.5 Å². The van der Waals surface area contributed by atoms with Gasteiger partial charge >= 0.3 is 5.97 Å². The minimum Gasteiger partial charge on any atom is -0.493 e. The fourth-order valence-electron chi connectivity index (χ4n) is 2.01. The van der Waals surface area contributed by atoms with Crippen molar-refractivity contribution in [2.24, 2.45) is 0 Å². The minimum absolute atomic E-state index is 0.312. The van der Waals surface area contributed by atoms with Gasteiger partial charge in [0.15, 0.2) is 18.1 Å². The van der Waals surface area contributed by atoms with Crippen LogP contribution in [0.5, 0.6) is 11.5 Å². The Morgan fingerprint density at radius 1 is 1.19 bits per heavy atom. The number of nitrogens with one attached hydrogen (secondary N) is 1. The van der Waals surface area contributed by atoms with Crippen LogP contribution in [0.15, 0.2) is 42.6 Å². The Labute approximate surface area is 155 Å². The molecule has 2 rings (SSSR count). The molecule has 0 radical (unpaired) electrons. The summed E-state index contributed by atoms with van der Waals surface area (Å²) in [5.74, 6) is 0.158. The van der Waals surface area contributed by atoms with E-state index in [1.807, 2.05) is 0 Å². The first kappa shape index (κ1) is 19.3. The van der Waals surface area contributed by atoms with Gasteiger partial charge in [-0.15, -0.1) is 0 Å². The average molecular weight is 377 g/mol. The first-order valence-electron chi connectivity index (χ1n) is 7.50. The lowest BCUT2D eigenvalue weighted by Gasteiger charge is -2.09. The molecule has 0 atom stereocenters. The van der Waals surface area contributed by atoms with Gasteiger partial charge in [-0.2, -0.15) is 0 Å². The van der Waals surface area contributed by atoms with Crippen molar-refractivity contribution < 1.29 is 23.8 Å². The predicted octanol–water partition coefficient (Wildman–Crippen LogP) is 2.95. The summed E-state index contributed by atoms with van der Waals surface area (Å²) in [6.07, 6.45) is 4.11. The molecule has 0 aliphatic heterocycles. The molecule has 136 valence electrons. The smallest absolute Gasteiger partial charge is 0.331 e.